The Balaban J connectivity index is 1.74. The third kappa shape index (κ3) is 5.23. The number of benzene rings is 2. The number of carbonyl (C=O) groups is 1. The van der Waals surface area contributed by atoms with Crippen LogP contribution in [0, 0.1) is 5.41 Å². The number of thioether (sulfide) groups is 1. The van der Waals surface area contributed by atoms with Crippen LogP contribution in [0.3, 0.4) is 0 Å². The van der Waals surface area contributed by atoms with E-state index in [1.54, 1.807) is 17.8 Å². The molecule has 0 fully saturated rings. The second-order valence-corrected chi connectivity index (χ2v) is 7.73. The van der Waals surface area contributed by atoms with Crippen molar-refractivity contribution in [3.05, 3.63) is 71.8 Å². The Morgan fingerprint density at radius 3 is 2.75 bits per heavy atom. The number of amidine groups is 1. The van der Waals surface area contributed by atoms with Crippen LogP contribution in [0.1, 0.15) is 24.5 Å². The van der Waals surface area contributed by atoms with E-state index >= 15 is 0 Å². The monoisotopic (exact) mass is 393 g/mol. The number of hydrogen-bond donors (Lipinski definition) is 4. The summed E-state index contributed by atoms with van der Waals surface area (Å²) in [6.07, 6.45) is 4.20. The van der Waals surface area contributed by atoms with E-state index in [-0.39, 0.29) is 11.9 Å². The van der Waals surface area contributed by atoms with Gasteiger partial charge in [-0.25, -0.2) is 0 Å². The summed E-state index contributed by atoms with van der Waals surface area (Å²) >= 11 is 1.56. The summed E-state index contributed by atoms with van der Waals surface area (Å²) in [4.78, 5) is 16.9. The van der Waals surface area contributed by atoms with Gasteiger partial charge in [0.1, 0.15) is 0 Å². The lowest BCUT2D eigenvalue weighted by molar-refractivity contribution is -0.111. The summed E-state index contributed by atoms with van der Waals surface area (Å²) in [5.74, 6) is 0.592. The van der Waals surface area contributed by atoms with Crippen molar-refractivity contribution in [2.75, 3.05) is 11.1 Å². The molecule has 1 aliphatic rings. The van der Waals surface area contributed by atoms with Crippen molar-refractivity contribution in [1.29, 1.82) is 5.41 Å². The van der Waals surface area contributed by atoms with Gasteiger partial charge < -0.3 is 16.4 Å². The van der Waals surface area contributed by atoms with Gasteiger partial charge in [-0.1, -0.05) is 48.2 Å². The molecule has 5 N–H and O–H groups in total. The smallest absolute Gasteiger partial charge is 0.248 e. The van der Waals surface area contributed by atoms with Gasteiger partial charge in [-0.3, -0.25) is 15.2 Å². The lowest BCUT2D eigenvalue weighted by atomic mass is 9.89. The van der Waals surface area contributed by atoms with Crippen molar-refractivity contribution in [1.82, 2.24) is 5.32 Å². The van der Waals surface area contributed by atoms with Crippen molar-refractivity contribution in [3.63, 3.8) is 0 Å². The molecule has 0 saturated carbocycles. The number of carbonyl (C=O) groups excluding carboxylic acids is 1. The molecule has 2 aromatic carbocycles. The number of nitrogens with two attached hydrogens (primary N) is 1. The first kappa shape index (κ1) is 19.7. The van der Waals surface area contributed by atoms with Gasteiger partial charge in [0, 0.05) is 17.5 Å². The highest BCUT2D eigenvalue weighted by Crippen LogP contribution is 2.35. The van der Waals surface area contributed by atoms with Crippen LogP contribution in [0.5, 0.6) is 0 Å². The van der Waals surface area contributed by atoms with E-state index in [2.05, 4.69) is 17.6 Å². The number of aliphatic imine (C=N–C) groups is 1. The standard InChI is InChI=1S/C21H23N5OS/c1-21(12-13-28-20(26-21)25-19(22)23)16-7-5-6-15(14-16)10-11-18(27)24-17-8-3-2-4-9-17/h2-11,14H,12-13H2,1H3,(H,24,27)(H4,22,23,25,26)/b11-10+. The molecule has 1 amide bonds. The van der Waals surface area contributed by atoms with E-state index < -0.39 is 5.54 Å². The number of para-hydroxylation sites is 1. The molecule has 0 radical (unpaired) electrons. The highest BCUT2D eigenvalue weighted by atomic mass is 32.2. The fraction of sp³-hybridized carbons (Fsp3) is 0.190. The van der Waals surface area contributed by atoms with Crippen molar-refractivity contribution in [2.24, 2.45) is 10.7 Å². The third-order valence-electron chi connectivity index (χ3n) is 4.39. The predicted molar refractivity (Wildman–Crippen MR) is 117 cm³/mol. The first-order valence-corrected chi connectivity index (χ1v) is 9.91. The molecular weight excluding hydrogens is 370 g/mol. The topological polar surface area (TPSA) is 103 Å². The Morgan fingerprint density at radius 1 is 1.21 bits per heavy atom. The highest BCUT2D eigenvalue weighted by Gasteiger charge is 2.30. The van der Waals surface area contributed by atoms with Gasteiger partial charge in [0.05, 0.1) is 5.54 Å². The maximum atomic E-state index is 12.1. The lowest BCUT2D eigenvalue weighted by Crippen LogP contribution is -2.38. The molecule has 0 aromatic heterocycles. The average Bonchev–Trinajstić information content (AvgIpc) is 2.67. The minimum atomic E-state index is -0.404. The third-order valence-corrected chi connectivity index (χ3v) is 5.27. The quantitative estimate of drug-likeness (QED) is 0.362. The second kappa shape index (κ2) is 8.75. The number of anilines is 1. The van der Waals surface area contributed by atoms with E-state index in [9.17, 15) is 4.79 Å². The fourth-order valence-corrected chi connectivity index (χ4v) is 4.04. The second-order valence-electron chi connectivity index (χ2n) is 6.64. The Bertz CT molecular complexity index is 925. The number of nitrogens with one attached hydrogen (secondary N) is 3. The molecule has 3 rings (SSSR count). The number of amides is 1. The van der Waals surface area contributed by atoms with E-state index in [4.69, 9.17) is 16.1 Å². The maximum Gasteiger partial charge on any atom is 0.248 e. The lowest BCUT2D eigenvalue weighted by Gasteiger charge is -2.31. The van der Waals surface area contributed by atoms with Gasteiger partial charge in [-0.05, 0) is 48.7 Å². The molecule has 6 nitrogen and oxygen atoms in total. The van der Waals surface area contributed by atoms with Gasteiger partial charge in [0.2, 0.25) is 5.91 Å². The largest absolute Gasteiger partial charge is 0.370 e. The highest BCUT2D eigenvalue weighted by molar-refractivity contribution is 8.13. The molecule has 0 spiro atoms. The molecule has 2 aromatic rings. The zero-order chi connectivity index (χ0) is 20.0. The van der Waals surface area contributed by atoms with Crippen molar-refractivity contribution in [3.8, 4) is 0 Å². The van der Waals surface area contributed by atoms with E-state index in [1.807, 2.05) is 54.6 Å². The molecule has 28 heavy (non-hydrogen) atoms. The zero-order valence-electron chi connectivity index (χ0n) is 15.6. The van der Waals surface area contributed by atoms with Crippen LogP contribution < -0.4 is 16.4 Å². The maximum absolute atomic E-state index is 12.1. The summed E-state index contributed by atoms with van der Waals surface area (Å²) in [5.41, 5.74) is 7.77. The molecule has 0 aliphatic carbocycles. The predicted octanol–water partition coefficient (Wildman–Crippen LogP) is 3.53. The summed E-state index contributed by atoms with van der Waals surface area (Å²) in [6.45, 7) is 2.07. The van der Waals surface area contributed by atoms with Crippen LogP contribution in [0.4, 0.5) is 5.69 Å². The SMILES string of the molecule is CC1(c2cccc(/C=C/C(=O)Nc3ccccc3)c2)CCSC(NC(=N)N)=N1. The van der Waals surface area contributed by atoms with Crippen molar-refractivity contribution >= 4 is 40.6 Å². The van der Waals surface area contributed by atoms with Gasteiger partial charge in [0.15, 0.2) is 11.1 Å². The molecule has 0 bridgehead atoms. The fourth-order valence-electron chi connectivity index (χ4n) is 2.90. The first-order chi connectivity index (χ1) is 13.4. The van der Waals surface area contributed by atoms with Crippen LogP contribution in [-0.4, -0.2) is 22.8 Å². The Morgan fingerprint density at radius 2 is 2.00 bits per heavy atom. The van der Waals surface area contributed by atoms with Crippen LogP contribution in [0.2, 0.25) is 0 Å². The van der Waals surface area contributed by atoms with Crippen LogP contribution in [0.15, 0.2) is 65.7 Å². The summed E-state index contributed by atoms with van der Waals surface area (Å²) < 4.78 is 0. The zero-order valence-corrected chi connectivity index (χ0v) is 16.4. The van der Waals surface area contributed by atoms with Crippen molar-refractivity contribution in [2.45, 2.75) is 18.9 Å². The molecular formula is C21H23N5OS. The minimum Gasteiger partial charge on any atom is -0.370 e. The molecule has 1 heterocycles. The summed E-state index contributed by atoms with van der Waals surface area (Å²) in [7, 11) is 0. The van der Waals surface area contributed by atoms with Crippen LogP contribution in [0.25, 0.3) is 6.08 Å². The van der Waals surface area contributed by atoms with Crippen LogP contribution in [-0.2, 0) is 10.3 Å². The van der Waals surface area contributed by atoms with Gasteiger partial charge in [0.25, 0.3) is 0 Å². The van der Waals surface area contributed by atoms with Gasteiger partial charge >= 0.3 is 0 Å². The normalized spacial score (nSPS) is 19.1. The van der Waals surface area contributed by atoms with E-state index in [1.165, 1.54) is 6.08 Å². The number of rotatable bonds is 4. The number of hydrogen-bond acceptors (Lipinski definition) is 4. The summed E-state index contributed by atoms with van der Waals surface area (Å²) in [6, 6.07) is 17.3. The molecule has 0 saturated heterocycles. The molecule has 1 unspecified atom stereocenters. The Hall–Kier alpha value is -3.06. The minimum absolute atomic E-state index is 0.114. The molecule has 1 atom stereocenters. The Kier molecular flexibility index (Phi) is 6.16. The van der Waals surface area contributed by atoms with Gasteiger partial charge in [-0.2, -0.15) is 0 Å². The average molecular weight is 394 g/mol. The van der Waals surface area contributed by atoms with Gasteiger partial charge in [-0.15, -0.1) is 0 Å². The van der Waals surface area contributed by atoms with E-state index in [0.717, 1.165) is 29.0 Å². The molecule has 1 aliphatic heterocycles. The molecule has 7 heteroatoms. The number of guanidine groups is 1. The Labute approximate surface area is 168 Å². The van der Waals surface area contributed by atoms with E-state index in [0.29, 0.717) is 5.17 Å². The van der Waals surface area contributed by atoms with Crippen LogP contribution >= 0.6 is 11.8 Å². The molecule has 144 valence electrons. The number of nitrogens with zero attached hydrogens (tertiary/aromatic N) is 1. The summed E-state index contributed by atoms with van der Waals surface area (Å²) in [5, 5.41) is 13.7. The first-order valence-electron chi connectivity index (χ1n) is 8.93. The van der Waals surface area contributed by atoms with Crippen molar-refractivity contribution < 1.29 is 4.79 Å².